The molecule has 1 aliphatic rings. The fourth-order valence-corrected chi connectivity index (χ4v) is 2.90. The molecule has 0 N–H and O–H groups in total. The molecule has 0 heterocycles. The zero-order valence-electron chi connectivity index (χ0n) is 9.35. The molecule has 1 unspecified atom stereocenters. The van der Waals surface area contributed by atoms with Crippen molar-refractivity contribution in [2.24, 2.45) is 0 Å². The average Bonchev–Trinajstić information content (AvgIpc) is 2.29. The van der Waals surface area contributed by atoms with E-state index in [1.54, 1.807) is 20.3 Å². The maximum Gasteiger partial charge on any atom is 0.165 e. The summed E-state index contributed by atoms with van der Waals surface area (Å²) in [5, 5.41) is 0.685. The average molecular weight is 261 g/mol. The Morgan fingerprint density at radius 2 is 2.06 bits per heavy atom. The molecule has 0 radical (unpaired) electrons. The standard InChI is InChI=1S/C12H14Cl2O2/c1-15-10-6-9(14)7-4-3-5-8(13)11(7)12(10)16-2/h6,8H,3-5H2,1-2H3. The Labute approximate surface area is 105 Å². The highest BCUT2D eigenvalue weighted by Gasteiger charge is 2.27. The normalized spacial score (nSPS) is 19.1. The lowest BCUT2D eigenvalue weighted by molar-refractivity contribution is 0.349. The van der Waals surface area contributed by atoms with Crippen molar-refractivity contribution in [3.8, 4) is 11.5 Å². The lowest BCUT2D eigenvalue weighted by atomic mass is 9.90. The number of ether oxygens (including phenoxy) is 2. The third kappa shape index (κ3) is 1.85. The maximum absolute atomic E-state index is 6.34. The van der Waals surface area contributed by atoms with E-state index in [1.165, 1.54) is 0 Å². The third-order valence-electron chi connectivity index (χ3n) is 2.96. The van der Waals surface area contributed by atoms with E-state index in [1.807, 2.05) is 0 Å². The van der Waals surface area contributed by atoms with Crippen LogP contribution in [0.3, 0.4) is 0 Å². The predicted molar refractivity (Wildman–Crippen MR) is 66.1 cm³/mol. The molecule has 1 aromatic rings. The van der Waals surface area contributed by atoms with E-state index in [2.05, 4.69) is 0 Å². The number of alkyl halides is 1. The van der Waals surface area contributed by atoms with Gasteiger partial charge in [0.25, 0.3) is 0 Å². The van der Waals surface area contributed by atoms with Crippen LogP contribution in [-0.2, 0) is 6.42 Å². The number of fused-ring (bicyclic) bond motifs is 1. The van der Waals surface area contributed by atoms with Crippen LogP contribution in [0.15, 0.2) is 6.07 Å². The third-order valence-corrected chi connectivity index (χ3v) is 3.73. The van der Waals surface area contributed by atoms with Crippen molar-refractivity contribution in [1.82, 2.24) is 0 Å². The topological polar surface area (TPSA) is 18.5 Å². The lowest BCUT2D eigenvalue weighted by Crippen LogP contribution is -2.09. The zero-order chi connectivity index (χ0) is 11.7. The maximum atomic E-state index is 6.34. The Hall–Kier alpha value is -0.600. The molecule has 0 aromatic heterocycles. The van der Waals surface area contributed by atoms with Gasteiger partial charge in [-0.1, -0.05) is 11.6 Å². The van der Waals surface area contributed by atoms with Gasteiger partial charge in [-0.25, -0.2) is 0 Å². The SMILES string of the molecule is COc1cc(Cl)c2c(c1OC)C(Cl)CCC2. The van der Waals surface area contributed by atoms with Gasteiger partial charge >= 0.3 is 0 Å². The highest BCUT2D eigenvalue weighted by atomic mass is 35.5. The quantitative estimate of drug-likeness (QED) is 0.750. The van der Waals surface area contributed by atoms with Crippen molar-refractivity contribution in [2.75, 3.05) is 14.2 Å². The number of rotatable bonds is 2. The fraction of sp³-hybridized carbons (Fsp3) is 0.500. The Morgan fingerprint density at radius 3 is 2.69 bits per heavy atom. The molecular formula is C12H14Cl2O2. The summed E-state index contributed by atoms with van der Waals surface area (Å²) in [6, 6.07) is 1.80. The second-order valence-corrected chi connectivity index (χ2v) is 4.78. The summed E-state index contributed by atoms with van der Waals surface area (Å²) >= 11 is 12.6. The molecule has 0 amide bonds. The zero-order valence-corrected chi connectivity index (χ0v) is 10.9. The van der Waals surface area contributed by atoms with Gasteiger partial charge in [0.1, 0.15) is 0 Å². The van der Waals surface area contributed by atoms with Gasteiger partial charge in [-0.15, -0.1) is 11.6 Å². The van der Waals surface area contributed by atoms with Crippen LogP contribution in [0.4, 0.5) is 0 Å². The number of hydrogen-bond donors (Lipinski definition) is 0. The first kappa shape index (κ1) is 11.9. The minimum Gasteiger partial charge on any atom is -0.493 e. The van der Waals surface area contributed by atoms with Gasteiger partial charge in [-0.2, -0.15) is 0 Å². The van der Waals surface area contributed by atoms with E-state index >= 15 is 0 Å². The molecule has 1 atom stereocenters. The second-order valence-electron chi connectivity index (χ2n) is 3.85. The first-order valence-electron chi connectivity index (χ1n) is 5.26. The van der Waals surface area contributed by atoms with Gasteiger partial charge in [0.15, 0.2) is 11.5 Å². The molecule has 88 valence electrons. The predicted octanol–water partition coefficient (Wildman–Crippen LogP) is 3.97. The molecule has 0 saturated heterocycles. The summed E-state index contributed by atoms with van der Waals surface area (Å²) < 4.78 is 10.7. The molecule has 1 aliphatic carbocycles. The summed E-state index contributed by atoms with van der Waals surface area (Å²) in [4.78, 5) is 0. The molecule has 0 aliphatic heterocycles. The van der Waals surface area contributed by atoms with Crippen LogP contribution in [0, 0.1) is 0 Å². The number of halogens is 2. The van der Waals surface area contributed by atoms with Crippen molar-refractivity contribution >= 4 is 23.2 Å². The highest BCUT2D eigenvalue weighted by Crippen LogP contribution is 2.47. The van der Waals surface area contributed by atoms with Crippen molar-refractivity contribution in [3.05, 3.63) is 22.2 Å². The number of benzene rings is 1. The summed E-state index contributed by atoms with van der Waals surface area (Å²) in [6.45, 7) is 0. The van der Waals surface area contributed by atoms with Crippen LogP contribution in [0.1, 0.15) is 29.3 Å². The van der Waals surface area contributed by atoms with E-state index in [0.717, 1.165) is 41.2 Å². The van der Waals surface area contributed by atoms with E-state index in [0.29, 0.717) is 5.75 Å². The molecule has 0 bridgehead atoms. The van der Waals surface area contributed by atoms with Crippen LogP contribution in [0.25, 0.3) is 0 Å². The monoisotopic (exact) mass is 260 g/mol. The molecular weight excluding hydrogens is 247 g/mol. The number of hydrogen-bond acceptors (Lipinski definition) is 2. The van der Waals surface area contributed by atoms with Gasteiger partial charge in [-0.3, -0.25) is 0 Å². The van der Waals surface area contributed by atoms with Crippen LogP contribution in [0.2, 0.25) is 5.02 Å². The second kappa shape index (κ2) is 4.72. The van der Waals surface area contributed by atoms with Crippen molar-refractivity contribution in [3.63, 3.8) is 0 Å². The van der Waals surface area contributed by atoms with Gasteiger partial charge in [0.05, 0.1) is 19.6 Å². The van der Waals surface area contributed by atoms with Crippen LogP contribution in [-0.4, -0.2) is 14.2 Å². The molecule has 1 aromatic carbocycles. The smallest absolute Gasteiger partial charge is 0.165 e. The van der Waals surface area contributed by atoms with E-state index < -0.39 is 0 Å². The molecule has 2 nitrogen and oxygen atoms in total. The Morgan fingerprint density at radius 1 is 1.31 bits per heavy atom. The summed E-state index contributed by atoms with van der Waals surface area (Å²) in [5.74, 6) is 1.38. The molecule has 4 heteroatoms. The van der Waals surface area contributed by atoms with Crippen molar-refractivity contribution in [2.45, 2.75) is 24.6 Å². The lowest BCUT2D eigenvalue weighted by Gasteiger charge is -2.25. The molecule has 0 spiro atoms. The van der Waals surface area contributed by atoms with Gasteiger partial charge in [-0.05, 0) is 24.8 Å². The van der Waals surface area contributed by atoms with Gasteiger partial charge in [0.2, 0.25) is 0 Å². The van der Waals surface area contributed by atoms with Crippen LogP contribution in [0.5, 0.6) is 11.5 Å². The van der Waals surface area contributed by atoms with Crippen LogP contribution >= 0.6 is 23.2 Å². The molecule has 0 fully saturated rings. The largest absolute Gasteiger partial charge is 0.493 e. The minimum absolute atomic E-state index is 0.0358. The first-order valence-corrected chi connectivity index (χ1v) is 6.07. The Balaban J connectivity index is 2.65. The van der Waals surface area contributed by atoms with Crippen LogP contribution < -0.4 is 9.47 Å². The van der Waals surface area contributed by atoms with Crippen molar-refractivity contribution in [1.29, 1.82) is 0 Å². The molecule has 16 heavy (non-hydrogen) atoms. The first-order chi connectivity index (χ1) is 7.69. The summed E-state index contributed by atoms with van der Waals surface area (Å²) in [7, 11) is 3.23. The highest BCUT2D eigenvalue weighted by molar-refractivity contribution is 6.32. The Kier molecular flexibility index (Phi) is 3.50. The minimum atomic E-state index is -0.0358. The fourth-order valence-electron chi connectivity index (χ4n) is 2.22. The van der Waals surface area contributed by atoms with Gasteiger partial charge < -0.3 is 9.47 Å². The Bertz CT molecular complexity index is 404. The molecule has 0 saturated carbocycles. The summed E-state index contributed by atoms with van der Waals surface area (Å²) in [5.41, 5.74) is 2.10. The van der Waals surface area contributed by atoms with E-state index in [-0.39, 0.29) is 5.38 Å². The molecule has 2 rings (SSSR count). The van der Waals surface area contributed by atoms with E-state index in [4.69, 9.17) is 32.7 Å². The van der Waals surface area contributed by atoms with E-state index in [9.17, 15) is 0 Å². The number of methoxy groups -OCH3 is 2. The summed E-state index contributed by atoms with van der Waals surface area (Å²) in [6.07, 6.45) is 2.97. The van der Waals surface area contributed by atoms with Gasteiger partial charge in [0, 0.05) is 16.7 Å². The van der Waals surface area contributed by atoms with Crippen molar-refractivity contribution < 1.29 is 9.47 Å².